The van der Waals surface area contributed by atoms with E-state index in [0.717, 1.165) is 0 Å². The van der Waals surface area contributed by atoms with E-state index >= 15 is 0 Å². The van der Waals surface area contributed by atoms with Crippen molar-refractivity contribution in [1.82, 2.24) is 4.90 Å². The van der Waals surface area contributed by atoms with Gasteiger partial charge >= 0.3 is 18.2 Å². The Bertz CT molecular complexity index is 547. The van der Waals surface area contributed by atoms with Gasteiger partial charge in [0.25, 0.3) is 0 Å². The van der Waals surface area contributed by atoms with Crippen molar-refractivity contribution >= 4 is 12.1 Å². The van der Waals surface area contributed by atoms with Gasteiger partial charge in [-0.3, -0.25) is 4.90 Å². The maximum atomic E-state index is 12.8. The molecule has 0 bridgehead atoms. The molecule has 1 aromatic carbocycles. The molecule has 0 radical (unpaired) electrons. The quantitative estimate of drug-likeness (QED) is 0.931. The summed E-state index contributed by atoms with van der Waals surface area (Å²) in [6.45, 7) is -0.423. The lowest BCUT2D eigenvalue weighted by Crippen LogP contribution is -2.46. The Morgan fingerprint density at radius 2 is 1.91 bits per heavy atom. The number of hydrogen-bond donors (Lipinski definition) is 1. The number of halogens is 3. The summed E-state index contributed by atoms with van der Waals surface area (Å²) in [6, 6.07) is 6.63. The molecular formula is C14H14F3NO4. The molecule has 1 fully saturated rings. The van der Waals surface area contributed by atoms with Crippen LogP contribution in [0.15, 0.2) is 30.3 Å². The molecule has 1 N–H and O–H groups in total. The summed E-state index contributed by atoms with van der Waals surface area (Å²) in [4.78, 5) is 23.6. The molecule has 1 aliphatic rings. The minimum absolute atomic E-state index is 0.126. The second kappa shape index (κ2) is 6.25. The molecule has 1 heterocycles. The molecular weight excluding hydrogens is 303 g/mol. The van der Waals surface area contributed by atoms with Gasteiger partial charge in [0.05, 0.1) is 5.92 Å². The molecule has 0 saturated carbocycles. The third-order valence-electron chi connectivity index (χ3n) is 3.51. The van der Waals surface area contributed by atoms with Crippen LogP contribution in [0.5, 0.6) is 0 Å². The van der Waals surface area contributed by atoms with Gasteiger partial charge < -0.3 is 9.84 Å². The van der Waals surface area contributed by atoms with Crippen molar-refractivity contribution in [2.45, 2.75) is 25.2 Å². The van der Waals surface area contributed by atoms with Crippen LogP contribution in [0.2, 0.25) is 0 Å². The topological polar surface area (TPSA) is 66.8 Å². The number of carboxylic acids is 1. The first-order valence-electron chi connectivity index (χ1n) is 6.57. The fourth-order valence-electron chi connectivity index (χ4n) is 2.45. The Balaban J connectivity index is 2.04. The Kier molecular flexibility index (Phi) is 4.58. The predicted molar refractivity (Wildman–Crippen MR) is 68.9 cm³/mol. The van der Waals surface area contributed by atoms with E-state index in [-0.39, 0.29) is 13.2 Å². The maximum Gasteiger partial charge on any atom is 0.410 e. The summed E-state index contributed by atoms with van der Waals surface area (Å²) in [5, 5.41) is 9.00. The van der Waals surface area contributed by atoms with Gasteiger partial charge in [0.1, 0.15) is 12.6 Å². The molecule has 1 aliphatic heterocycles. The molecule has 120 valence electrons. The lowest BCUT2D eigenvalue weighted by molar-refractivity contribution is -0.187. The molecule has 0 aromatic heterocycles. The second-order valence-corrected chi connectivity index (χ2v) is 4.95. The number of hydrogen-bond acceptors (Lipinski definition) is 3. The zero-order valence-corrected chi connectivity index (χ0v) is 11.4. The number of carbonyl (C=O) groups excluding carboxylic acids is 1. The molecule has 2 rings (SSSR count). The van der Waals surface area contributed by atoms with Crippen molar-refractivity contribution in [2.24, 2.45) is 5.92 Å². The average Bonchev–Trinajstić information content (AvgIpc) is 2.91. The van der Waals surface area contributed by atoms with Crippen molar-refractivity contribution in [3.8, 4) is 0 Å². The maximum absolute atomic E-state index is 12.8. The van der Waals surface area contributed by atoms with E-state index in [0.29, 0.717) is 10.5 Å². The van der Waals surface area contributed by atoms with E-state index in [9.17, 15) is 22.8 Å². The molecule has 8 heteroatoms. The minimum Gasteiger partial charge on any atom is -0.480 e. The average molecular weight is 317 g/mol. The summed E-state index contributed by atoms with van der Waals surface area (Å²) in [6.07, 6.45) is -6.17. The SMILES string of the molecule is O=C(O)C1C(C(F)(F)F)CCN1C(=O)OCc1ccccc1. The highest BCUT2D eigenvalue weighted by molar-refractivity contribution is 5.81. The van der Waals surface area contributed by atoms with E-state index in [1.807, 2.05) is 0 Å². The van der Waals surface area contributed by atoms with Gasteiger partial charge in [-0.1, -0.05) is 30.3 Å². The van der Waals surface area contributed by atoms with Crippen LogP contribution in [-0.2, 0) is 16.1 Å². The Labute approximate surface area is 124 Å². The molecule has 1 saturated heterocycles. The third kappa shape index (κ3) is 3.49. The van der Waals surface area contributed by atoms with Crippen LogP contribution in [0.4, 0.5) is 18.0 Å². The van der Waals surface area contributed by atoms with E-state index in [2.05, 4.69) is 0 Å². The first kappa shape index (κ1) is 16.1. The number of alkyl halides is 3. The van der Waals surface area contributed by atoms with Crippen LogP contribution < -0.4 is 0 Å². The number of ether oxygens (including phenoxy) is 1. The summed E-state index contributed by atoms with van der Waals surface area (Å²) in [5.74, 6) is -3.76. The molecule has 2 unspecified atom stereocenters. The fraction of sp³-hybridized carbons (Fsp3) is 0.429. The Hall–Kier alpha value is -2.25. The first-order chi connectivity index (χ1) is 10.3. The van der Waals surface area contributed by atoms with E-state index in [1.54, 1.807) is 30.3 Å². The van der Waals surface area contributed by atoms with Gasteiger partial charge in [0.2, 0.25) is 0 Å². The summed E-state index contributed by atoms with van der Waals surface area (Å²) in [7, 11) is 0. The third-order valence-corrected chi connectivity index (χ3v) is 3.51. The zero-order chi connectivity index (χ0) is 16.3. The number of amides is 1. The van der Waals surface area contributed by atoms with E-state index in [1.165, 1.54) is 0 Å². The highest BCUT2D eigenvalue weighted by Gasteiger charge is 2.55. The number of nitrogens with zero attached hydrogens (tertiary/aromatic N) is 1. The van der Waals surface area contributed by atoms with Gasteiger partial charge in [0, 0.05) is 6.54 Å². The standard InChI is InChI=1S/C14H14F3NO4/c15-14(16,17)10-6-7-18(11(10)12(19)20)13(21)22-8-9-4-2-1-3-5-9/h1-5,10-11H,6-8H2,(H,19,20). The van der Waals surface area contributed by atoms with Crippen LogP contribution >= 0.6 is 0 Å². The zero-order valence-electron chi connectivity index (χ0n) is 11.4. The number of carbonyl (C=O) groups is 2. The van der Waals surface area contributed by atoms with Crippen LogP contribution in [0.1, 0.15) is 12.0 Å². The van der Waals surface area contributed by atoms with Gasteiger partial charge in [0.15, 0.2) is 0 Å². The van der Waals surface area contributed by atoms with Gasteiger partial charge in [-0.05, 0) is 12.0 Å². The summed E-state index contributed by atoms with van der Waals surface area (Å²) < 4.78 is 43.4. The lowest BCUT2D eigenvalue weighted by Gasteiger charge is -2.25. The van der Waals surface area contributed by atoms with Crippen molar-refractivity contribution in [3.63, 3.8) is 0 Å². The number of aliphatic carboxylic acids is 1. The normalized spacial score (nSPS) is 21.7. The molecule has 1 aromatic rings. The Morgan fingerprint density at radius 1 is 1.27 bits per heavy atom. The van der Waals surface area contributed by atoms with Crippen molar-refractivity contribution < 1.29 is 32.6 Å². The van der Waals surface area contributed by atoms with Crippen molar-refractivity contribution in [3.05, 3.63) is 35.9 Å². The predicted octanol–water partition coefficient (Wildman–Crippen LogP) is 2.66. The first-order valence-corrected chi connectivity index (χ1v) is 6.57. The highest BCUT2D eigenvalue weighted by Crippen LogP contribution is 2.38. The van der Waals surface area contributed by atoms with Crippen LogP contribution in [0.3, 0.4) is 0 Å². The molecule has 22 heavy (non-hydrogen) atoms. The molecule has 0 aliphatic carbocycles. The number of benzene rings is 1. The fourth-order valence-corrected chi connectivity index (χ4v) is 2.45. The molecule has 1 amide bonds. The second-order valence-electron chi connectivity index (χ2n) is 4.95. The molecule has 0 spiro atoms. The minimum atomic E-state index is -4.67. The number of carboxylic acid groups (broad SMARTS) is 1. The number of rotatable bonds is 3. The van der Waals surface area contributed by atoms with E-state index in [4.69, 9.17) is 9.84 Å². The summed E-state index contributed by atoms with van der Waals surface area (Å²) >= 11 is 0. The van der Waals surface area contributed by atoms with E-state index < -0.39 is 36.6 Å². The number of likely N-dealkylation sites (tertiary alicyclic amines) is 1. The largest absolute Gasteiger partial charge is 0.480 e. The smallest absolute Gasteiger partial charge is 0.410 e. The van der Waals surface area contributed by atoms with Crippen LogP contribution in [0.25, 0.3) is 0 Å². The van der Waals surface area contributed by atoms with Gasteiger partial charge in [-0.15, -0.1) is 0 Å². The molecule has 2 atom stereocenters. The lowest BCUT2D eigenvalue weighted by atomic mass is 10.0. The summed E-state index contributed by atoms with van der Waals surface area (Å²) in [5.41, 5.74) is 0.661. The Morgan fingerprint density at radius 3 is 2.45 bits per heavy atom. The van der Waals surface area contributed by atoms with Crippen molar-refractivity contribution in [2.75, 3.05) is 6.54 Å². The monoisotopic (exact) mass is 317 g/mol. The van der Waals surface area contributed by atoms with Crippen LogP contribution in [-0.4, -0.2) is 40.8 Å². The van der Waals surface area contributed by atoms with Gasteiger partial charge in [-0.25, -0.2) is 9.59 Å². The van der Waals surface area contributed by atoms with Gasteiger partial charge in [-0.2, -0.15) is 13.2 Å². The molecule has 5 nitrogen and oxygen atoms in total. The highest BCUT2D eigenvalue weighted by atomic mass is 19.4. The van der Waals surface area contributed by atoms with Crippen molar-refractivity contribution in [1.29, 1.82) is 0 Å². The van der Waals surface area contributed by atoms with Crippen LogP contribution in [0, 0.1) is 5.92 Å².